The first kappa shape index (κ1) is 62.3. The van der Waals surface area contributed by atoms with E-state index in [2.05, 4.69) is 0 Å². The third kappa shape index (κ3) is 12.9. The minimum absolute atomic E-state index is 0.909. The predicted octanol–water partition coefficient (Wildman–Crippen LogP) is -15.5. The summed E-state index contributed by atoms with van der Waals surface area (Å²) in [7, 11) is 0. The second kappa shape index (κ2) is 26.2. The van der Waals surface area contributed by atoms with Gasteiger partial charge in [-0.25, -0.2) is 4.79 Å². The molecule has 0 saturated carbocycles. The highest BCUT2D eigenvalue weighted by molar-refractivity contribution is 5.75. The molecule has 0 amide bonds. The predicted molar refractivity (Wildman–Crippen MR) is 222 cm³/mol. The van der Waals surface area contributed by atoms with Crippen LogP contribution in [0.15, 0.2) is 0 Å². The Kier molecular flexibility index (Phi) is 21.8. The molecule has 0 bridgehead atoms. The molecule has 6 aliphatic heterocycles. The van der Waals surface area contributed by atoms with Gasteiger partial charge in [0, 0.05) is 6.42 Å². The number of aliphatic hydroxyl groups is 22. The van der Waals surface area contributed by atoms with Crippen LogP contribution in [0.5, 0.6) is 0 Å². The van der Waals surface area contributed by atoms with Crippen LogP contribution < -0.4 is 0 Å². The third-order valence-corrected chi connectivity index (χ3v) is 13.7. The van der Waals surface area contributed by atoms with Crippen LogP contribution in [0.25, 0.3) is 0 Å². The van der Waals surface area contributed by atoms with E-state index >= 15 is 0 Å². The Balaban J connectivity index is 1.24. The molecule has 0 radical (unpaired) electrons. The summed E-state index contributed by atoms with van der Waals surface area (Å²) >= 11 is 0. The van der Waals surface area contributed by atoms with Gasteiger partial charge in [-0.3, -0.25) is 0 Å². The van der Waals surface area contributed by atoms with E-state index in [0.717, 1.165) is 0 Å². The quantitative estimate of drug-likeness (QED) is 0.0538. The highest BCUT2D eigenvalue weighted by Crippen LogP contribution is 2.39. The summed E-state index contributed by atoms with van der Waals surface area (Å²) < 4.78 is 60.9. The number of ether oxygens (including phenoxy) is 11. The lowest BCUT2D eigenvalue weighted by molar-refractivity contribution is -0.402. The maximum absolute atomic E-state index is 11.8. The molecule has 6 aliphatic rings. The average Bonchev–Trinajstić information content (AvgIpc) is 3.38. The SMILES string of the molecule is O=C(O)C1(O)C[C@@H](O)[C@@H](O[C@H]2O[C@H]([C@@H](O)CO)[C@@H](O)[C@H](O[C@H]3O[C@H]([C@@H](O)CO)[C@@H](O)[C@H](O[C@H]4O[C@H](CO)[C@@H](O)[C@H](O[C@H]5O[C@H](CO)[C@H](O)[C@H](O[C@H]6O[C@H](CO)[C@@H](O)[C@H](O)[C@H]6O)[C@H]5O)[C@H]4O)[C@@H]3O)[C@@H]2O)[C@@H]([C@H](O)CO)O1. The van der Waals surface area contributed by atoms with E-state index in [1.54, 1.807) is 0 Å². The fourth-order valence-electron chi connectivity index (χ4n) is 9.38. The molecular weight excluding hydrogens is 1040 g/mol. The Hall–Kier alpha value is -1.85. The van der Waals surface area contributed by atoms with Crippen LogP contribution in [0.1, 0.15) is 6.42 Å². The summed E-state index contributed by atoms with van der Waals surface area (Å²) in [6.07, 6.45) is -66.9. The third-order valence-electron chi connectivity index (χ3n) is 13.7. The Morgan fingerprint density at radius 3 is 1.07 bits per heavy atom. The van der Waals surface area contributed by atoms with Crippen LogP contribution >= 0.6 is 0 Å². The van der Waals surface area contributed by atoms with Crippen LogP contribution in [-0.2, 0) is 56.9 Å². The lowest BCUT2D eigenvalue weighted by Crippen LogP contribution is -2.69. The molecule has 0 spiro atoms. The van der Waals surface area contributed by atoms with Crippen molar-refractivity contribution < 1.29 is 174 Å². The number of carboxylic acids is 1. The lowest BCUT2D eigenvalue weighted by Gasteiger charge is -2.51. The van der Waals surface area contributed by atoms with Gasteiger partial charge in [0.15, 0.2) is 31.5 Å². The van der Waals surface area contributed by atoms with Crippen molar-refractivity contribution in [3.63, 3.8) is 0 Å². The first-order valence-electron chi connectivity index (χ1n) is 23.4. The van der Waals surface area contributed by atoms with E-state index in [0.29, 0.717) is 0 Å². The zero-order chi connectivity index (χ0) is 55.7. The fourth-order valence-corrected chi connectivity index (χ4v) is 9.38. The van der Waals surface area contributed by atoms with Crippen molar-refractivity contribution in [3.8, 4) is 0 Å². The largest absolute Gasteiger partial charge is 0.477 e. The zero-order valence-corrected chi connectivity index (χ0v) is 39.0. The lowest BCUT2D eigenvalue weighted by atomic mass is 9.91. The Bertz CT molecular complexity index is 1780. The minimum Gasteiger partial charge on any atom is -0.477 e. The van der Waals surface area contributed by atoms with Crippen LogP contribution in [0.2, 0.25) is 0 Å². The summed E-state index contributed by atoms with van der Waals surface area (Å²) in [5.74, 6) is -5.20. The molecule has 0 aromatic rings. The Morgan fingerprint density at radius 1 is 0.413 bits per heavy atom. The highest BCUT2D eigenvalue weighted by Gasteiger charge is 2.60. The highest BCUT2D eigenvalue weighted by atomic mass is 16.8. The fraction of sp³-hybridized carbons (Fsp3) is 0.975. The van der Waals surface area contributed by atoms with Gasteiger partial charge in [-0.1, -0.05) is 0 Å². The molecule has 23 N–H and O–H groups in total. The standard InChI is InChI=1S/C40H68O35/c41-2-9(48)26-21(57)33(24(60)37(68-26)70-28-8(47)1-40(64,39(62)63)75-29(28)11(50)4-43)74-38-25(61)32(20(56)27(69-38)10(49)3-42)73-36-23(59)31(17(53)14(7-46)67-36)72-35-22(58)30(16(52)13(6-45)66-35)71-34-19(55)18(54)15(51)12(5-44)65-34/h8-38,41-61,64H,1-7H2,(H,62,63)/t8-,9+,10+,11-,12-,13-,14-,15-,16+,17-,18+,19-,20-,21-,22-,23-,24+,25+,26-,27-,28-,29-,30+,31+,32+,33+,34-,35-,36-,37-,38-,40?/m1/s1. The first-order chi connectivity index (χ1) is 35.3. The zero-order valence-electron chi connectivity index (χ0n) is 39.0. The molecule has 6 heterocycles. The molecule has 0 aromatic carbocycles. The van der Waals surface area contributed by atoms with Gasteiger partial charge in [-0.05, 0) is 0 Å². The summed E-state index contributed by atoms with van der Waals surface area (Å²) in [6.45, 7) is -6.63. The Labute approximate surface area is 422 Å². The van der Waals surface area contributed by atoms with E-state index in [9.17, 15) is 122 Å². The van der Waals surface area contributed by atoms with E-state index in [1.807, 2.05) is 0 Å². The van der Waals surface area contributed by atoms with E-state index in [4.69, 9.17) is 52.1 Å². The molecule has 32 atom stereocenters. The van der Waals surface area contributed by atoms with Crippen LogP contribution in [-0.4, -0.2) is 359 Å². The second-order valence-electron chi connectivity index (χ2n) is 18.7. The van der Waals surface area contributed by atoms with Gasteiger partial charge in [0.25, 0.3) is 5.79 Å². The van der Waals surface area contributed by atoms with Crippen LogP contribution in [0.3, 0.4) is 0 Å². The monoisotopic (exact) mass is 1110 g/mol. The van der Waals surface area contributed by atoms with Gasteiger partial charge in [-0.15, -0.1) is 0 Å². The van der Waals surface area contributed by atoms with Crippen molar-refractivity contribution in [2.24, 2.45) is 0 Å². The van der Waals surface area contributed by atoms with Gasteiger partial charge in [0.05, 0.1) is 45.7 Å². The molecule has 438 valence electrons. The van der Waals surface area contributed by atoms with Gasteiger partial charge >= 0.3 is 5.97 Å². The molecule has 6 saturated heterocycles. The van der Waals surface area contributed by atoms with Gasteiger partial charge in [0.2, 0.25) is 0 Å². The molecule has 75 heavy (non-hydrogen) atoms. The van der Waals surface area contributed by atoms with Crippen molar-refractivity contribution in [1.29, 1.82) is 0 Å². The van der Waals surface area contributed by atoms with Crippen molar-refractivity contribution in [1.82, 2.24) is 0 Å². The van der Waals surface area contributed by atoms with E-state index in [1.165, 1.54) is 0 Å². The molecule has 0 aliphatic carbocycles. The van der Waals surface area contributed by atoms with Gasteiger partial charge in [0.1, 0.15) is 153 Å². The normalized spacial score (nSPS) is 50.2. The number of rotatable bonds is 20. The molecule has 1 unspecified atom stereocenters. The molecule has 35 heteroatoms. The number of carboxylic acid groups (broad SMARTS) is 1. The number of aliphatic carboxylic acids is 1. The first-order valence-corrected chi connectivity index (χ1v) is 23.4. The summed E-state index contributed by atoms with van der Waals surface area (Å²) in [5, 5.41) is 244. The number of carbonyl (C=O) groups is 1. The molecule has 35 nitrogen and oxygen atoms in total. The number of hydrogen-bond donors (Lipinski definition) is 23. The van der Waals surface area contributed by atoms with E-state index < -0.39 is 248 Å². The molecule has 6 rings (SSSR count). The maximum atomic E-state index is 11.8. The van der Waals surface area contributed by atoms with E-state index in [-0.39, 0.29) is 0 Å². The van der Waals surface area contributed by atoms with Gasteiger partial charge in [-0.2, -0.15) is 0 Å². The number of hydrogen-bond acceptors (Lipinski definition) is 34. The Morgan fingerprint density at radius 2 is 0.720 bits per heavy atom. The van der Waals surface area contributed by atoms with Crippen molar-refractivity contribution in [3.05, 3.63) is 0 Å². The minimum atomic E-state index is -3.16. The summed E-state index contributed by atoms with van der Waals surface area (Å²) in [4.78, 5) is 11.8. The van der Waals surface area contributed by atoms with Gasteiger partial charge < -0.3 is 170 Å². The smallest absolute Gasteiger partial charge is 0.364 e. The van der Waals surface area contributed by atoms with Crippen molar-refractivity contribution in [2.75, 3.05) is 39.6 Å². The maximum Gasteiger partial charge on any atom is 0.364 e. The second-order valence-corrected chi connectivity index (χ2v) is 18.7. The van der Waals surface area contributed by atoms with Crippen molar-refractivity contribution in [2.45, 2.75) is 202 Å². The van der Waals surface area contributed by atoms with Crippen LogP contribution in [0, 0.1) is 0 Å². The molecular formula is C40H68O35. The number of aliphatic hydroxyl groups excluding tert-OH is 21. The molecule has 0 aromatic heterocycles. The topological polar surface area (TPSA) is 584 Å². The molecule has 6 fully saturated rings. The average molecular weight is 1110 g/mol. The summed E-state index contributed by atoms with van der Waals surface area (Å²) in [6, 6.07) is 0. The summed E-state index contributed by atoms with van der Waals surface area (Å²) in [5.41, 5.74) is 0. The van der Waals surface area contributed by atoms with Crippen LogP contribution in [0.4, 0.5) is 0 Å². The van der Waals surface area contributed by atoms with Crippen molar-refractivity contribution >= 4 is 5.97 Å².